The van der Waals surface area contributed by atoms with Gasteiger partial charge < -0.3 is 15.5 Å². The normalized spacial score (nSPS) is 11.1. The highest BCUT2D eigenvalue weighted by Crippen LogP contribution is 1.97. The summed E-state index contributed by atoms with van der Waals surface area (Å²) in [5.74, 6) is 0.0994. The quantitative estimate of drug-likeness (QED) is 0.662. The molecule has 5 heteroatoms. The van der Waals surface area contributed by atoms with Gasteiger partial charge in [-0.1, -0.05) is 0 Å². The summed E-state index contributed by atoms with van der Waals surface area (Å²) in [5, 5.41) is 5.88. The molecule has 0 radical (unpaired) electrons. The highest BCUT2D eigenvalue weighted by atomic mass is 16.2. The van der Waals surface area contributed by atoms with Crippen LogP contribution in [0.25, 0.3) is 0 Å². The molecule has 0 spiro atoms. The highest BCUT2D eigenvalue weighted by molar-refractivity contribution is 5.78. The van der Waals surface area contributed by atoms with E-state index in [1.54, 1.807) is 19.0 Å². The van der Waals surface area contributed by atoms with Gasteiger partial charge in [-0.15, -0.1) is 0 Å². The predicted octanol–water partition coefficient (Wildman–Crippen LogP) is 0.359. The van der Waals surface area contributed by atoms with Crippen molar-refractivity contribution in [1.82, 2.24) is 15.5 Å². The van der Waals surface area contributed by atoms with Gasteiger partial charge in [-0.3, -0.25) is 9.59 Å². The van der Waals surface area contributed by atoms with Crippen molar-refractivity contribution in [2.45, 2.75) is 39.2 Å². The van der Waals surface area contributed by atoms with Gasteiger partial charge in [-0.05, 0) is 33.7 Å². The van der Waals surface area contributed by atoms with Crippen LogP contribution in [0.15, 0.2) is 0 Å². The molecule has 0 aromatic rings. The Morgan fingerprint density at radius 1 is 1.18 bits per heavy atom. The molecule has 0 saturated heterocycles. The van der Waals surface area contributed by atoms with Crippen molar-refractivity contribution in [3.05, 3.63) is 0 Å². The average Bonchev–Trinajstić information content (AvgIpc) is 2.13. The van der Waals surface area contributed by atoms with E-state index in [0.717, 1.165) is 6.42 Å². The number of nitrogens with zero attached hydrogens (tertiary/aromatic N) is 1. The minimum Gasteiger partial charge on any atom is -0.350 e. The largest absolute Gasteiger partial charge is 0.350 e. The minimum atomic E-state index is -0.195. The van der Waals surface area contributed by atoms with Crippen LogP contribution >= 0.6 is 0 Å². The lowest BCUT2D eigenvalue weighted by atomic mass is 10.1. The van der Waals surface area contributed by atoms with Crippen molar-refractivity contribution in [1.29, 1.82) is 0 Å². The fourth-order valence-corrected chi connectivity index (χ4v) is 1.25. The van der Waals surface area contributed by atoms with E-state index in [-0.39, 0.29) is 17.4 Å². The highest BCUT2D eigenvalue weighted by Gasteiger charge is 2.12. The Hall–Kier alpha value is -1.10. The third-order valence-corrected chi connectivity index (χ3v) is 2.04. The first-order valence-corrected chi connectivity index (χ1v) is 5.94. The first-order valence-electron chi connectivity index (χ1n) is 5.94. The second-order valence-electron chi connectivity index (χ2n) is 5.37. The average molecular weight is 243 g/mol. The van der Waals surface area contributed by atoms with Gasteiger partial charge in [0.05, 0.1) is 6.54 Å². The van der Waals surface area contributed by atoms with Crippen molar-refractivity contribution in [2.24, 2.45) is 0 Å². The topological polar surface area (TPSA) is 61.4 Å². The van der Waals surface area contributed by atoms with E-state index in [0.29, 0.717) is 19.5 Å². The zero-order chi connectivity index (χ0) is 13.5. The van der Waals surface area contributed by atoms with E-state index in [1.807, 2.05) is 20.8 Å². The summed E-state index contributed by atoms with van der Waals surface area (Å²) in [7, 11) is 3.49. The zero-order valence-corrected chi connectivity index (χ0v) is 11.6. The van der Waals surface area contributed by atoms with Gasteiger partial charge in [0, 0.05) is 26.1 Å². The molecule has 0 aliphatic rings. The van der Waals surface area contributed by atoms with E-state index < -0.39 is 0 Å². The van der Waals surface area contributed by atoms with Gasteiger partial charge in [0.25, 0.3) is 0 Å². The van der Waals surface area contributed by atoms with Gasteiger partial charge in [0.15, 0.2) is 0 Å². The standard InChI is InChI=1S/C12H25N3O2/c1-12(2,3)14-10(16)9-13-8-6-7-11(17)15(4)5/h13H,6-9H2,1-5H3,(H,14,16). The SMILES string of the molecule is CN(C)C(=O)CCCNCC(=O)NC(C)(C)C. The maximum atomic E-state index is 11.4. The van der Waals surface area contributed by atoms with Crippen LogP contribution in [0.4, 0.5) is 0 Å². The van der Waals surface area contributed by atoms with Crippen LogP contribution in [-0.2, 0) is 9.59 Å². The third-order valence-electron chi connectivity index (χ3n) is 2.04. The van der Waals surface area contributed by atoms with Crippen LogP contribution in [0.5, 0.6) is 0 Å². The molecule has 2 amide bonds. The lowest BCUT2D eigenvalue weighted by Crippen LogP contribution is -2.45. The van der Waals surface area contributed by atoms with Crippen LogP contribution < -0.4 is 10.6 Å². The van der Waals surface area contributed by atoms with E-state index in [9.17, 15) is 9.59 Å². The smallest absolute Gasteiger partial charge is 0.234 e. The molecule has 0 saturated carbocycles. The zero-order valence-electron chi connectivity index (χ0n) is 11.6. The Balaban J connectivity index is 3.53. The van der Waals surface area contributed by atoms with Crippen molar-refractivity contribution >= 4 is 11.8 Å². The first kappa shape index (κ1) is 15.9. The molecule has 0 aromatic carbocycles. The molecule has 0 unspecified atom stereocenters. The molecule has 2 N–H and O–H groups in total. The molecule has 0 bridgehead atoms. The van der Waals surface area contributed by atoms with Gasteiger partial charge in [0.2, 0.25) is 11.8 Å². The Morgan fingerprint density at radius 3 is 2.24 bits per heavy atom. The third kappa shape index (κ3) is 9.81. The number of rotatable bonds is 6. The summed E-state index contributed by atoms with van der Waals surface area (Å²) in [4.78, 5) is 24.2. The summed E-state index contributed by atoms with van der Waals surface area (Å²) < 4.78 is 0. The van der Waals surface area contributed by atoms with Gasteiger partial charge in [0.1, 0.15) is 0 Å². The molecule has 0 fully saturated rings. The Labute approximate surface area is 104 Å². The fourth-order valence-electron chi connectivity index (χ4n) is 1.25. The van der Waals surface area contributed by atoms with Gasteiger partial charge >= 0.3 is 0 Å². The number of carbonyl (C=O) groups is 2. The molecule has 17 heavy (non-hydrogen) atoms. The monoisotopic (exact) mass is 243 g/mol. The van der Waals surface area contributed by atoms with Crippen molar-refractivity contribution in [2.75, 3.05) is 27.2 Å². The molecule has 0 aliphatic carbocycles. The molecule has 100 valence electrons. The number of hydrogen-bond donors (Lipinski definition) is 2. The van der Waals surface area contributed by atoms with E-state index >= 15 is 0 Å². The Bertz CT molecular complexity index is 257. The van der Waals surface area contributed by atoms with E-state index in [4.69, 9.17) is 0 Å². The molecular formula is C12H25N3O2. The van der Waals surface area contributed by atoms with Crippen molar-refractivity contribution in [3.63, 3.8) is 0 Å². The van der Waals surface area contributed by atoms with E-state index in [1.165, 1.54) is 0 Å². The number of carbonyl (C=O) groups excluding carboxylic acids is 2. The minimum absolute atomic E-state index is 0.0172. The Morgan fingerprint density at radius 2 is 1.76 bits per heavy atom. The first-order chi connectivity index (χ1) is 7.72. The second kappa shape index (κ2) is 7.27. The lowest BCUT2D eigenvalue weighted by Gasteiger charge is -2.20. The molecule has 0 heterocycles. The molecule has 0 aromatic heterocycles. The predicted molar refractivity (Wildman–Crippen MR) is 68.7 cm³/mol. The summed E-state index contributed by atoms with van der Waals surface area (Å²) in [6.45, 7) is 6.81. The summed E-state index contributed by atoms with van der Waals surface area (Å²) in [6.07, 6.45) is 1.26. The maximum Gasteiger partial charge on any atom is 0.234 e. The molecule has 5 nitrogen and oxygen atoms in total. The van der Waals surface area contributed by atoms with Crippen LogP contribution in [0.1, 0.15) is 33.6 Å². The number of hydrogen-bond acceptors (Lipinski definition) is 3. The molecular weight excluding hydrogens is 218 g/mol. The number of amides is 2. The van der Waals surface area contributed by atoms with Crippen LogP contribution in [0.2, 0.25) is 0 Å². The van der Waals surface area contributed by atoms with Gasteiger partial charge in [-0.25, -0.2) is 0 Å². The fraction of sp³-hybridized carbons (Fsp3) is 0.833. The summed E-state index contributed by atoms with van der Waals surface area (Å²) in [5.41, 5.74) is -0.195. The van der Waals surface area contributed by atoms with Crippen LogP contribution in [-0.4, -0.2) is 49.4 Å². The van der Waals surface area contributed by atoms with Crippen molar-refractivity contribution in [3.8, 4) is 0 Å². The Kier molecular flexibility index (Phi) is 6.80. The number of nitrogens with one attached hydrogen (secondary N) is 2. The van der Waals surface area contributed by atoms with Gasteiger partial charge in [-0.2, -0.15) is 0 Å². The summed E-state index contributed by atoms with van der Waals surface area (Å²) in [6, 6.07) is 0. The second-order valence-corrected chi connectivity index (χ2v) is 5.37. The molecule has 0 atom stereocenters. The summed E-state index contributed by atoms with van der Waals surface area (Å²) >= 11 is 0. The van der Waals surface area contributed by atoms with Crippen LogP contribution in [0, 0.1) is 0 Å². The van der Waals surface area contributed by atoms with E-state index in [2.05, 4.69) is 10.6 Å². The van der Waals surface area contributed by atoms with Crippen molar-refractivity contribution < 1.29 is 9.59 Å². The molecule has 0 aliphatic heterocycles. The maximum absolute atomic E-state index is 11.4. The molecule has 0 rings (SSSR count). The lowest BCUT2D eigenvalue weighted by molar-refractivity contribution is -0.128. The van der Waals surface area contributed by atoms with Crippen LogP contribution in [0.3, 0.4) is 0 Å².